The van der Waals surface area contributed by atoms with Crippen LogP contribution in [0.2, 0.25) is 5.02 Å². The molecule has 0 unspecified atom stereocenters. The van der Waals surface area contributed by atoms with Crippen molar-refractivity contribution in [3.05, 3.63) is 69.7 Å². The zero-order chi connectivity index (χ0) is 21.7. The van der Waals surface area contributed by atoms with Gasteiger partial charge in [-0.3, -0.25) is 10.1 Å². The molecule has 0 aliphatic heterocycles. The number of ether oxygens (including phenoxy) is 1. The number of rotatable bonds is 5. The molecule has 0 atom stereocenters. The number of aromatic nitrogens is 1. The third kappa shape index (κ3) is 5.65. The number of nitrogens with zero attached hydrogens (tertiary/aromatic N) is 1. The summed E-state index contributed by atoms with van der Waals surface area (Å²) >= 11 is 7.22. The zero-order valence-corrected chi connectivity index (χ0v) is 17.8. The van der Waals surface area contributed by atoms with Crippen LogP contribution >= 0.6 is 22.9 Å². The first-order valence-corrected chi connectivity index (χ1v) is 10.1. The SMILES string of the molecule is Cc1ccc(NC(=O)NC(=O)COC(=O)c2csc(-c3cccc(Cl)c3)n2)c(C)c1. The minimum atomic E-state index is -0.760. The Morgan fingerprint density at radius 1 is 1.13 bits per heavy atom. The van der Waals surface area contributed by atoms with Crippen molar-refractivity contribution >= 4 is 46.5 Å². The number of imide groups is 1. The van der Waals surface area contributed by atoms with Gasteiger partial charge < -0.3 is 10.1 Å². The van der Waals surface area contributed by atoms with Crippen molar-refractivity contribution < 1.29 is 19.1 Å². The maximum absolute atomic E-state index is 12.1. The molecule has 0 radical (unpaired) electrons. The number of amides is 3. The van der Waals surface area contributed by atoms with E-state index < -0.39 is 24.5 Å². The first-order valence-electron chi connectivity index (χ1n) is 8.88. The molecule has 2 aromatic carbocycles. The molecule has 0 saturated heterocycles. The number of nitrogens with one attached hydrogen (secondary N) is 2. The fourth-order valence-electron chi connectivity index (χ4n) is 2.60. The Morgan fingerprint density at radius 2 is 1.93 bits per heavy atom. The van der Waals surface area contributed by atoms with Crippen LogP contribution in [-0.2, 0) is 9.53 Å². The predicted molar refractivity (Wildman–Crippen MR) is 116 cm³/mol. The number of carbonyl (C=O) groups excluding carboxylic acids is 3. The Bertz CT molecular complexity index is 1110. The van der Waals surface area contributed by atoms with Crippen molar-refractivity contribution in [2.24, 2.45) is 0 Å². The molecule has 0 aliphatic rings. The van der Waals surface area contributed by atoms with E-state index in [9.17, 15) is 14.4 Å². The summed E-state index contributed by atoms with van der Waals surface area (Å²) in [5.41, 5.74) is 3.35. The molecule has 9 heteroatoms. The summed E-state index contributed by atoms with van der Waals surface area (Å²) in [4.78, 5) is 40.2. The standard InChI is InChI=1S/C21H18ClN3O4S/c1-12-6-7-16(13(2)8-12)24-21(28)25-18(26)10-29-20(27)17-11-30-19(23-17)14-4-3-5-15(22)9-14/h3-9,11H,10H2,1-2H3,(H2,24,25,26,28). The van der Waals surface area contributed by atoms with Gasteiger partial charge in [0.1, 0.15) is 5.01 Å². The maximum Gasteiger partial charge on any atom is 0.358 e. The summed E-state index contributed by atoms with van der Waals surface area (Å²) in [5.74, 6) is -1.51. The molecule has 0 saturated carbocycles. The molecule has 3 rings (SSSR count). The highest BCUT2D eigenvalue weighted by molar-refractivity contribution is 7.13. The molecule has 3 amide bonds. The van der Waals surface area contributed by atoms with Crippen molar-refractivity contribution in [1.82, 2.24) is 10.3 Å². The second-order valence-corrected chi connectivity index (χ2v) is 7.74. The number of carbonyl (C=O) groups is 3. The number of esters is 1. The number of hydrogen-bond acceptors (Lipinski definition) is 6. The lowest BCUT2D eigenvalue weighted by atomic mass is 10.1. The van der Waals surface area contributed by atoms with E-state index in [0.29, 0.717) is 15.7 Å². The average Bonchev–Trinajstić information content (AvgIpc) is 3.19. The van der Waals surface area contributed by atoms with E-state index in [1.165, 1.54) is 16.7 Å². The Morgan fingerprint density at radius 3 is 2.67 bits per heavy atom. The lowest BCUT2D eigenvalue weighted by molar-refractivity contribution is -0.123. The van der Waals surface area contributed by atoms with Crippen LogP contribution in [0.5, 0.6) is 0 Å². The molecule has 2 N–H and O–H groups in total. The molecule has 154 valence electrons. The molecule has 7 nitrogen and oxygen atoms in total. The summed E-state index contributed by atoms with van der Waals surface area (Å²) in [7, 11) is 0. The van der Waals surface area contributed by atoms with Crippen molar-refractivity contribution in [2.45, 2.75) is 13.8 Å². The van der Waals surface area contributed by atoms with Gasteiger partial charge >= 0.3 is 12.0 Å². The van der Waals surface area contributed by atoms with Gasteiger partial charge in [0.2, 0.25) is 0 Å². The van der Waals surface area contributed by atoms with E-state index in [0.717, 1.165) is 16.7 Å². The van der Waals surface area contributed by atoms with Gasteiger partial charge in [0.05, 0.1) is 0 Å². The molecule has 0 spiro atoms. The smallest absolute Gasteiger partial charge is 0.358 e. The third-order valence-electron chi connectivity index (χ3n) is 4.00. The van der Waals surface area contributed by atoms with Crippen molar-refractivity contribution in [1.29, 1.82) is 0 Å². The molecular weight excluding hydrogens is 426 g/mol. The van der Waals surface area contributed by atoms with Gasteiger partial charge in [0.25, 0.3) is 5.91 Å². The Balaban J connectivity index is 1.51. The van der Waals surface area contributed by atoms with Crippen LogP contribution in [0.4, 0.5) is 10.5 Å². The van der Waals surface area contributed by atoms with Gasteiger partial charge in [-0.25, -0.2) is 14.6 Å². The number of hydrogen-bond donors (Lipinski definition) is 2. The molecular formula is C21H18ClN3O4S. The van der Waals surface area contributed by atoms with Gasteiger partial charge in [-0.15, -0.1) is 11.3 Å². The van der Waals surface area contributed by atoms with Crippen molar-refractivity contribution in [3.8, 4) is 10.6 Å². The predicted octanol–water partition coefficient (Wildman–Crippen LogP) is 4.59. The first kappa shape index (κ1) is 21.5. The summed E-state index contributed by atoms with van der Waals surface area (Å²) in [5, 5.41) is 7.38. The van der Waals surface area contributed by atoms with E-state index in [1.54, 1.807) is 24.3 Å². The van der Waals surface area contributed by atoms with Crippen LogP contribution in [0.1, 0.15) is 21.6 Å². The fourth-order valence-corrected chi connectivity index (χ4v) is 3.57. The molecule has 0 bridgehead atoms. The van der Waals surface area contributed by atoms with Crippen LogP contribution in [0.15, 0.2) is 47.8 Å². The minimum Gasteiger partial charge on any atom is -0.451 e. The van der Waals surface area contributed by atoms with E-state index in [4.69, 9.17) is 16.3 Å². The lowest BCUT2D eigenvalue weighted by Gasteiger charge is -2.10. The monoisotopic (exact) mass is 443 g/mol. The third-order valence-corrected chi connectivity index (χ3v) is 5.13. The van der Waals surface area contributed by atoms with E-state index >= 15 is 0 Å². The van der Waals surface area contributed by atoms with Gasteiger partial charge in [-0.1, -0.05) is 41.4 Å². The first-order chi connectivity index (χ1) is 14.3. The maximum atomic E-state index is 12.1. The second-order valence-electron chi connectivity index (χ2n) is 6.45. The van der Waals surface area contributed by atoms with Gasteiger partial charge in [0.15, 0.2) is 12.3 Å². The largest absolute Gasteiger partial charge is 0.451 e. The van der Waals surface area contributed by atoms with Crippen molar-refractivity contribution in [2.75, 3.05) is 11.9 Å². The topological polar surface area (TPSA) is 97.4 Å². The number of halogens is 1. The molecule has 0 aliphatic carbocycles. The summed E-state index contributed by atoms with van der Waals surface area (Å²) in [6.45, 7) is 3.18. The van der Waals surface area contributed by atoms with Crippen LogP contribution in [-0.4, -0.2) is 29.5 Å². The summed E-state index contributed by atoms with van der Waals surface area (Å²) < 4.78 is 4.94. The Kier molecular flexibility index (Phi) is 6.81. The second kappa shape index (κ2) is 9.51. The van der Waals surface area contributed by atoms with Crippen LogP contribution in [0.3, 0.4) is 0 Å². The Hall–Kier alpha value is -3.23. The number of urea groups is 1. The highest BCUT2D eigenvalue weighted by atomic mass is 35.5. The van der Waals surface area contributed by atoms with Gasteiger partial charge in [-0.05, 0) is 37.6 Å². The average molecular weight is 444 g/mol. The molecule has 3 aromatic rings. The quantitative estimate of drug-likeness (QED) is 0.562. The van der Waals surface area contributed by atoms with Gasteiger partial charge in [0, 0.05) is 21.7 Å². The summed E-state index contributed by atoms with van der Waals surface area (Å²) in [6, 6.07) is 11.9. The number of thiazole rings is 1. The lowest BCUT2D eigenvalue weighted by Crippen LogP contribution is -2.37. The van der Waals surface area contributed by atoms with Crippen LogP contribution in [0, 0.1) is 13.8 Å². The zero-order valence-electron chi connectivity index (χ0n) is 16.2. The van der Waals surface area contributed by atoms with E-state index in [1.807, 2.05) is 32.0 Å². The van der Waals surface area contributed by atoms with E-state index in [-0.39, 0.29) is 5.69 Å². The van der Waals surface area contributed by atoms with Crippen molar-refractivity contribution in [3.63, 3.8) is 0 Å². The highest BCUT2D eigenvalue weighted by Gasteiger charge is 2.16. The fraction of sp³-hybridized carbons (Fsp3) is 0.143. The molecule has 30 heavy (non-hydrogen) atoms. The van der Waals surface area contributed by atoms with E-state index in [2.05, 4.69) is 15.6 Å². The molecule has 0 fully saturated rings. The molecule has 1 aromatic heterocycles. The number of anilines is 1. The normalized spacial score (nSPS) is 10.4. The number of benzene rings is 2. The van der Waals surface area contributed by atoms with Gasteiger partial charge in [-0.2, -0.15) is 0 Å². The van der Waals surface area contributed by atoms with Crippen LogP contribution in [0.25, 0.3) is 10.6 Å². The highest BCUT2D eigenvalue weighted by Crippen LogP contribution is 2.26. The Labute approximate surface area is 182 Å². The minimum absolute atomic E-state index is 0.0718. The summed E-state index contributed by atoms with van der Waals surface area (Å²) in [6.07, 6.45) is 0. The molecule has 1 heterocycles. The number of aryl methyl sites for hydroxylation is 2. The van der Waals surface area contributed by atoms with Crippen LogP contribution < -0.4 is 10.6 Å².